The molecule has 0 aliphatic carbocycles. The second-order valence-corrected chi connectivity index (χ2v) is 4.67. The van der Waals surface area contributed by atoms with Crippen LogP contribution in [0.25, 0.3) is 6.08 Å². The Morgan fingerprint density at radius 2 is 2.00 bits per heavy atom. The number of hydrogen-bond donors (Lipinski definition) is 2. The first-order valence-corrected chi connectivity index (χ1v) is 7.07. The minimum absolute atomic E-state index is 0.274. The third-order valence-corrected chi connectivity index (χ3v) is 2.87. The third kappa shape index (κ3) is 5.66. The normalized spacial score (nSPS) is 10.5. The van der Waals surface area contributed by atoms with Gasteiger partial charge in [0.2, 0.25) is 0 Å². The molecule has 3 N–H and O–H groups in total. The van der Waals surface area contributed by atoms with Crippen molar-refractivity contribution in [3.8, 4) is 0 Å². The van der Waals surface area contributed by atoms with Gasteiger partial charge in [-0.3, -0.25) is 0 Å². The molecule has 1 heterocycles. The molecule has 2 rings (SSSR count). The van der Waals surface area contributed by atoms with E-state index >= 15 is 0 Å². The molecule has 22 heavy (non-hydrogen) atoms. The molecular weight excluding hydrogens is 278 g/mol. The number of anilines is 1. The molecule has 2 aromatic rings. The Hall–Kier alpha value is -2.82. The summed E-state index contributed by atoms with van der Waals surface area (Å²) in [6.45, 7) is 0.780. The van der Waals surface area contributed by atoms with Gasteiger partial charge >= 0.3 is 6.09 Å². The zero-order valence-electron chi connectivity index (χ0n) is 12.2. The molecule has 0 aliphatic rings. The quantitative estimate of drug-likeness (QED) is 0.804. The number of nitrogens with one attached hydrogen (secondary N) is 1. The monoisotopic (exact) mass is 297 g/mol. The maximum Gasteiger partial charge on any atom is 0.407 e. The SMILES string of the molecule is Nc1cccc(C=CCCNC(=O)OCc2ccccc2)n1. The van der Waals surface area contributed by atoms with Crippen LogP contribution in [0.15, 0.2) is 54.6 Å². The van der Waals surface area contributed by atoms with Crippen LogP contribution in [-0.4, -0.2) is 17.6 Å². The van der Waals surface area contributed by atoms with Gasteiger partial charge in [-0.15, -0.1) is 0 Å². The molecule has 0 radical (unpaired) electrons. The van der Waals surface area contributed by atoms with Crippen LogP contribution in [0.4, 0.5) is 10.6 Å². The molecule has 0 saturated carbocycles. The van der Waals surface area contributed by atoms with E-state index in [2.05, 4.69) is 10.3 Å². The van der Waals surface area contributed by atoms with E-state index in [0.717, 1.165) is 11.3 Å². The lowest BCUT2D eigenvalue weighted by atomic mass is 10.2. The van der Waals surface area contributed by atoms with Gasteiger partial charge < -0.3 is 15.8 Å². The summed E-state index contributed by atoms with van der Waals surface area (Å²) in [4.78, 5) is 15.7. The number of aromatic nitrogens is 1. The second-order valence-electron chi connectivity index (χ2n) is 4.67. The Bertz CT molecular complexity index is 627. The van der Waals surface area contributed by atoms with Crippen molar-refractivity contribution in [2.24, 2.45) is 0 Å². The number of ether oxygens (including phenoxy) is 1. The number of nitrogen functional groups attached to an aromatic ring is 1. The predicted octanol–water partition coefficient (Wildman–Crippen LogP) is 2.99. The zero-order chi connectivity index (χ0) is 15.6. The standard InChI is InChI=1S/C17H19N3O2/c18-16-11-6-10-15(20-16)9-4-5-12-19-17(21)22-13-14-7-2-1-3-8-14/h1-4,6-11H,5,12-13H2,(H2,18,20)(H,19,21). The molecule has 1 amide bonds. The number of rotatable bonds is 6. The highest BCUT2D eigenvalue weighted by atomic mass is 16.5. The minimum Gasteiger partial charge on any atom is -0.445 e. The summed E-state index contributed by atoms with van der Waals surface area (Å²) in [5, 5.41) is 2.69. The molecule has 5 nitrogen and oxygen atoms in total. The van der Waals surface area contributed by atoms with E-state index < -0.39 is 6.09 Å². The number of carbonyl (C=O) groups excluding carboxylic acids is 1. The van der Waals surface area contributed by atoms with Crippen molar-refractivity contribution >= 4 is 18.0 Å². The number of nitrogens with two attached hydrogens (primary N) is 1. The van der Waals surface area contributed by atoms with Gasteiger partial charge in [-0.1, -0.05) is 42.5 Å². The maximum atomic E-state index is 11.5. The lowest BCUT2D eigenvalue weighted by Gasteiger charge is -2.05. The Morgan fingerprint density at radius 3 is 2.77 bits per heavy atom. The Labute approximate surface area is 129 Å². The van der Waals surface area contributed by atoms with Crippen molar-refractivity contribution in [2.75, 3.05) is 12.3 Å². The number of alkyl carbamates (subject to hydrolysis) is 1. The molecule has 5 heteroatoms. The summed E-state index contributed by atoms with van der Waals surface area (Å²) < 4.78 is 5.11. The number of carbonyl (C=O) groups is 1. The van der Waals surface area contributed by atoms with Gasteiger partial charge in [-0.05, 0) is 30.2 Å². The predicted molar refractivity (Wildman–Crippen MR) is 86.9 cm³/mol. The van der Waals surface area contributed by atoms with Gasteiger partial charge in [-0.25, -0.2) is 9.78 Å². The zero-order valence-corrected chi connectivity index (χ0v) is 12.2. The minimum atomic E-state index is -0.417. The maximum absolute atomic E-state index is 11.5. The van der Waals surface area contributed by atoms with Crippen LogP contribution in [0.3, 0.4) is 0 Å². The molecule has 0 fully saturated rings. The highest BCUT2D eigenvalue weighted by Crippen LogP contribution is 2.03. The summed E-state index contributed by atoms with van der Waals surface area (Å²) >= 11 is 0. The highest BCUT2D eigenvalue weighted by molar-refractivity contribution is 5.67. The molecular formula is C17H19N3O2. The highest BCUT2D eigenvalue weighted by Gasteiger charge is 2.00. The van der Waals surface area contributed by atoms with Crippen LogP contribution in [0.1, 0.15) is 17.7 Å². The molecule has 0 spiro atoms. The van der Waals surface area contributed by atoms with Gasteiger partial charge in [0.05, 0.1) is 5.69 Å². The van der Waals surface area contributed by atoms with Crippen molar-refractivity contribution in [1.29, 1.82) is 0 Å². The fourth-order valence-corrected chi connectivity index (χ4v) is 1.80. The Balaban J connectivity index is 1.63. The molecule has 0 unspecified atom stereocenters. The molecule has 0 atom stereocenters. The largest absolute Gasteiger partial charge is 0.445 e. The van der Waals surface area contributed by atoms with Crippen molar-refractivity contribution < 1.29 is 9.53 Å². The summed E-state index contributed by atoms with van der Waals surface area (Å²) in [6, 6.07) is 15.0. The fraction of sp³-hybridized carbons (Fsp3) is 0.176. The Morgan fingerprint density at radius 1 is 1.18 bits per heavy atom. The van der Waals surface area contributed by atoms with Crippen LogP contribution >= 0.6 is 0 Å². The van der Waals surface area contributed by atoms with E-state index in [-0.39, 0.29) is 6.61 Å². The van der Waals surface area contributed by atoms with Crippen molar-refractivity contribution in [3.63, 3.8) is 0 Å². The molecule has 1 aromatic heterocycles. The lowest BCUT2D eigenvalue weighted by molar-refractivity contribution is 0.140. The molecule has 0 bridgehead atoms. The van der Waals surface area contributed by atoms with Gasteiger partial charge in [0.1, 0.15) is 12.4 Å². The number of amides is 1. The average molecular weight is 297 g/mol. The topological polar surface area (TPSA) is 77.2 Å². The van der Waals surface area contributed by atoms with Gasteiger partial charge in [0.15, 0.2) is 0 Å². The summed E-state index contributed by atoms with van der Waals surface area (Å²) in [7, 11) is 0. The van der Waals surface area contributed by atoms with Crippen LogP contribution < -0.4 is 11.1 Å². The molecule has 1 aromatic carbocycles. The van der Waals surface area contributed by atoms with E-state index in [0.29, 0.717) is 18.8 Å². The summed E-state index contributed by atoms with van der Waals surface area (Å²) in [6.07, 6.45) is 4.07. The summed E-state index contributed by atoms with van der Waals surface area (Å²) in [5.74, 6) is 0.491. The third-order valence-electron chi connectivity index (χ3n) is 2.87. The van der Waals surface area contributed by atoms with Gasteiger partial charge in [-0.2, -0.15) is 0 Å². The first-order valence-electron chi connectivity index (χ1n) is 7.07. The van der Waals surface area contributed by atoms with E-state index in [1.807, 2.05) is 54.6 Å². The lowest BCUT2D eigenvalue weighted by Crippen LogP contribution is -2.24. The van der Waals surface area contributed by atoms with E-state index in [1.54, 1.807) is 6.07 Å². The van der Waals surface area contributed by atoms with E-state index in [9.17, 15) is 4.79 Å². The molecule has 114 valence electrons. The van der Waals surface area contributed by atoms with Crippen molar-refractivity contribution in [3.05, 3.63) is 65.9 Å². The molecule has 0 saturated heterocycles. The van der Waals surface area contributed by atoms with Gasteiger partial charge in [0.25, 0.3) is 0 Å². The van der Waals surface area contributed by atoms with Crippen LogP contribution in [-0.2, 0) is 11.3 Å². The summed E-state index contributed by atoms with van der Waals surface area (Å²) in [5.41, 5.74) is 7.35. The van der Waals surface area contributed by atoms with E-state index in [1.165, 1.54) is 0 Å². The fourth-order valence-electron chi connectivity index (χ4n) is 1.80. The van der Waals surface area contributed by atoms with Crippen LogP contribution in [0.2, 0.25) is 0 Å². The molecule has 0 aliphatic heterocycles. The van der Waals surface area contributed by atoms with Crippen LogP contribution in [0.5, 0.6) is 0 Å². The van der Waals surface area contributed by atoms with Crippen molar-refractivity contribution in [2.45, 2.75) is 13.0 Å². The Kier molecular flexibility index (Phi) is 5.99. The first-order chi connectivity index (χ1) is 10.7. The van der Waals surface area contributed by atoms with E-state index in [4.69, 9.17) is 10.5 Å². The average Bonchev–Trinajstić information content (AvgIpc) is 2.54. The number of benzene rings is 1. The first kappa shape index (κ1) is 15.6. The number of hydrogen-bond acceptors (Lipinski definition) is 4. The number of nitrogens with zero attached hydrogens (tertiary/aromatic N) is 1. The van der Waals surface area contributed by atoms with Crippen LogP contribution in [0, 0.1) is 0 Å². The second kappa shape index (κ2) is 8.46. The number of pyridine rings is 1. The van der Waals surface area contributed by atoms with Crippen molar-refractivity contribution in [1.82, 2.24) is 10.3 Å². The van der Waals surface area contributed by atoms with Gasteiger partial charge in [0, 0.05) is 6.54 Å². The smallest absolute Gasteiger partial charge is 0.407 e.